The van der Waals surface area contributed by atoms with Crippen LogP contribution >= 0.6 is 11.6 Å². The van der Waals surface area contributed by atoms with E-state index in [1.165, 1.54) is 0 Å². The van der Waals surface area contributed by atoms with E-state index in [2.05, 4.69) is 29.8 Å². The summed E-state index contributed by atoms with van der Waals surface area (Å²) in [6.07, 6.45) is 1.73. The Labute approximate surface area is 88.2 Å². The third kappa shape index (κ3) is 1.76. The Morgan fingerprint density at radius 1 is 1.57 bits per heavy atom. The molecule has 1 aromatic rings. The Morgan fingerprint density at radius 3 is 3.07 bits per heavy atom. The molecule has 5 heteroatoms. The first kappa shape index (κ1) is 9.55. The van der Waals surface area contributed by atoms with Crippen LogP contribution in [0, 0.1) is 5.92 Å². The normalized spacial score (nSPS) is 14.4. The van der Waals surface area contributed by atoms with Gasteiger partial charge in [0.25, 0.3) is 0 Å². The number of fused-ring (bicyclic) bond motifs is 1. The molecule has 1 aromatic heterocycles. The minimum atomic E-state index is 0.517. The fraction of sp³-hybridized carbons (Fsp3) is 0.444. The average molecular weight is 213 g/mol. The second kappa shape index (κ2) is 3.63. The summed E-state index contributed by atoms with van der Waals surface area (Å²) < 4.78 is 0. The van der Waals surface area contributed by atoms with Crippen molar-refractivity contribution in [3.8, 4) is 0 Å². The number of hydrazine groups is 2. The molecule has 2 N–H and O–H groups in total. The lowest BCUT2D eigenvalue weighted by molar-refractivity contribution is 0.584. The molecular formula is C9H13ClN4. The van der Waals surface area contributed by atoms with Gasteiger partial charge in [0.05, 0.1) is 17.6 Å². The fourth-order valence-corrected chi connectivity index (χ4v) is 1.59. The van der Waals surface area contributed by atoms with Gasteiger partial charge in [0.1, 0.15) is 5.15 Å². The third-order valence-corrected chi connectivity index (χ3v) is 2.22. The maximum Gasteiger partial charge on any atom is 0.131 e. The van der Waals surface area contributed by atoms with Gasteiger partial charge in [-0.05, 0) is 5.92 Å². The standard InChI is InChI=1S/C9H13ClN4/c1-6(2)5-14-8-3-9(10)11-4-7(8)12-13-14/h3-4,6,12-13H,5H2,1-2H3. The van der Waals surface area contributed by atoms with Gasteiger partial charge >= 0.3 is 0 Å². The molecule has 2 heterocycles. The predicted molar refractivity (Wildman–Crippen MR) is 58.2 cm³/mol. The molecule has 2 rings (SSSR count). The SMILES string of the molecule is CC(C)CN1NNc2cnc(Cl)cc21. The zero-order chi connectivity index (χ0) is 10.1. The molecule has 1 aliphatic heterocycles. The predicted octanol–water partition coefficient (Wildman–Crippen LogP) is 2.04. The highest BCUT2D eigenvalue weighted by Crippen LogP contribution is 2.30. The van der Waals surface area contributed by atoms with E-state index < -0.39 is 0 Å². The maximum absolute atomic E-state index is 5.83. The molecular weight excluding hydrogens is 200 g/mol. The summed E-state index contributed by atoms with van der Waals surface area (Å²) in [5.41, 5.74) is 8.12. The van der Waals surface area contributed by atoms with Crippen LogP contribution < -0.4 is 16.0 Å². The van der Waals surface area contributed by atoms with Crippen LogP contribution in [-0.2, 0) is 0 Å². The molecule has 0 spiro atoms. The van der Waals surface area contributed by atoms with Gasteiger partial charge in [-0.1, -0.05) is 25.4 Å². The maximum atomic E-state index is 5.83. The van der Waals surface area contributed by atoms with Crippen molar-refractivity contribution in [2.45, 2.75) is 13.8 Å². The summed E-state index contributed by atoms with van der Waals surface area (Å²) in [5.74, 6) is 0.585. The summed E-state index contributed by atoms with van der Waals surface area (Å²) in [4.78, 5) is 4.00. The second-order valence-corrected chi connectivity index (χ2v) is 4.15. The number of pyridine rings is 1. The third-order valence-electron chi connectivity index (χ3n) is 2.01. The highest BCUT2D eigenvalue weighted by molar-refractivity contribution is 6.29. The van der Waals surface area contributed by atoms with E-state index in [9.17, 15) is 0 Å². The first-order valence-corrected chi connectivity index (χ1v) is 4.99. The minimum absolute atomic E-state index is 0.517. The van der Waals surface area contributed by atoms with E-state index in [-0.39, 0.29) is 0 Å². The van der Waals surface area contributed by atoms with Gasteiger partial charge in [-0.3, -0.25) is 5.01 Å². The molecule has 0 unspecified atom stereocenters. The molecule has 0 aliphatic carbocycles. The molecule has 1 aliphatic rings. The minimum Gasteiger partial charge on any atom is -0.300 e. The largest absolute Gasteiger partial charge is 0.300 e. The summed E-state index contributed by atoms with van der Waals surface area (Å²) in [5, 5.41) is 2.55. The Hall–Kier alpha value is -1.00. The van der Waals surface area contributed by atoms with Crippen LogP contribution in [0.4, 0.5) is 11.4 Å². The molecule has 0 atom stereocenters. The number of aromatic nitrogens is 1. The molecule has 76 valence electrons. The highest BCUT2D eigenvalue weighted by atomic mass is 35.5. The van der Waals surface area contributed by atoms with Gasteiger partial charge in [-0.2, -0.15) is 0 Å². The first-order chi connectivity index (χ1) is 6.66. The number of hydrogen-bond acceptors (Lipinski definition) is 4. The highest BCUT2D eigenvalue weighted by Gasteiger charge is 2.19. The van der Waals surface area contributed by atoms with Crippen LogP contribution in [0.2, 0.25) is 5.15 Å². The van der Waals surface area contributed by atoms with Crippen LogP contribution in [0.3, 0.4) is 0 Å². The van der Waals surface area contributed by atoms with E-state index in [1.807, 2.05) is 11.1 Å². The zero-order valence-electron chi connectivity index (χ0n) is 8.21. The smallest absolute Gasteiger partial charge is 0.131 e. The molecule has 4 nitrogen and oxygen atoms in total. The summed E-state index contributed by atoms with van der Waals surface area (Å²) in [6.45, 7) is 5.27. The van der Waals surface area contributed by atoms with E-state index >= 15 is 0 Å². The summed E-state index contributed by atoms with van der Waals surface area (Å²) in [7, 11) is 0. The second-order valence-electron chi connectivity index (χ2n) is 3.77. The van der Waals surface area contributed by atoms with Gasteiger partial charge in [0.15, 0.2) is 0 Å². The van der Waals surface area contributed by atoms with Crippen molar-refractivity contribution >= 4 is 23.0 Å². The fourth-order valence-electron chi connectivity index (χ4n) is 1.44. The van der Waals surface area contributed by atoms with Crippen LogP contribution in [0.1, 0.15) is 13.8 Å². The number of nitrogens with one attached hydrogen (secondary N) is 2. The van der Waals surface area contributed by atoms with Crippen molar-refractivity contribution in [3.05, 3.63) is 17.4 Å². The topological polar surface area (TPSA) is 40.2 Å². The Bertz CT molecular complexity index is 340. The average Bonchev–Trinajstić information content (AvgIpc) is 2.47. The van der Waals surface area contributed by atoms with Gasteiger partial charge in [-0.15, -0.1) is 5.53 Å². The van der Waals surface area contributed by atoms with Crippen LogP contribution in [0.25, 0.3) is 0 Å². The molecule has 0 saturated heterocycles. The van der Waals surface area contributed by atoms with E-state index in [4.69, 9.17) is 11.6 Å². The lowest BCUT2D eigenvalue weighted by Crippen LogP contribution is -2.38. The van der Waals surface area contributed by atoms with Gasteiger partial charge < -0.3 is 5.43 Å². The van der Waals surface area contributed by atoms with Crippen LogP contribution in [-0.4, -0.2) is 11.5 Å². The van der Waals surface area contributed by atoms with Crippen LogP contribution in [0.15, 0.2) is 12.3 Å². The van der Waals surface area contributed by atoms with Gasteiger partial charge in [0, 0.05) is 12.6 Å². The quantitative estimate of drug-likeness (QED) is 0.737. The Morgan fingerprint density at radius 2 is 2.36 bits per heavy atom. The zero-order valence-corrected chi connectivity index (χ0v) is 8.97. The number of rotatable bonds is 2. The molecule has 0 saturated carbocycles. The van der Waals surface area contributed by atoms with E-state index in [0.717, 1.165) is 17.9 Å². The van der Waals surface area contributed by atoms with E-state index in [1.54, 1.807) is 6.20 Å². The molecule has 0 amide bonds. The Balaban J connectivity index is 2.24. The number of hydrogen-bond donors (Lipinski definition) is 2. The monoisotopic (exact) mass is 212 g/mol. The van der Waals surface area contributed by atoms with Gasteiger partial charge in [0.2, 0.25) is 0 Å². The lowest BCUT2D eigenvalue weighted by Gasteiger charge is -2.19. The van der Waals surface area contributed by atoms with Crippen LogP contribution in [0.5, 0.6) is 0 Å². The summed E-state index contributed by atoms with van der Waals surface area (Å²) >= 11 is 5.83. The first-order valence-electron chi connectivity index (χ1n) is 4.61. The van der Waals surface area contributed by atoms with Crippen molar-refractivity contribution in [3.63, 3.8) is 0 Å². The molecule has 0 fully saturated rings. The van der Waals surface area contributed by atoms with E-state index in [0.29, 0.717) is 11.1 Å². The molecule has 14 heavy (non-hydrogen) atoms. The van der Waals surface area contributed by atoms with Crippen molar-refractivity contribution < 1.29 is 0 Å². The molecule has 0 radical (unpaired) electrons. The Kier molecular flexibility index (Phi) is 2.48. The van der Waals surface area contributed by atoms with Crippen molar-refractivity contribution in [1.82, 2.24) is 10.5 Å². The molecule has 0 aromatic carbocycles. The van der Waals surface area contributed by atoms with Crippen molar-refractivity contribution in [1.29, 1.82) is 0 Å². The number of nitrogens with zero attached hydrogens (tertiary/aromatic N) is 2. The molecule has 0 bridgehead atoms. The number of anilines is 2. The summed E-state index contributed by atoms with van der Waals surface area (Å²) in [6, 6.07) is 1.85. The number of halogens is 1. The van der Waals surface area contributed by atoms with Crippen molar-refractivity contribution in [2.24, 2.45) is 5.92 Å². The van der Waals surface area contributed by atoms with Gasteiger partial charge in [-0.25, -0.2) is 4.98 Å². The van der Waals surface area contributed by atoms with Crippen molar-refractivity contribution in [2.75, 3.05) is 17.0 Å². The lowest BCUT2D eigenvalue weighted by atomic mass is 10.2.